The van der Waals surface area contributed by atoms with Crippen molar-refractivity contribution in [1.29, 1.82) is 0 Å². The van der Waals surface area contributed by atoms with Crippen molar-refractivity contribution in [2.75, 3.05) is 26.1 Å². The molecule has 8 heteroatoms. The molecular weight excluding hydrogens is 330 g/mol. The van der Waals surface area contributed by atoms with Gasteiger partial charge in [0, 0.05) is 17.5 Å². The Morgan fingerprint density at radius 3 is 2.92 bits per heavy atom. The molecule has 1 aromatic heterocycles. The predicted octanol–water partition coefficient (Wildman–Crippen LogP) is 1.49. The van der Waals surface area contributed by atoms with Crippen molar-refractivity contribution in [2.45, 2.75) is 18.6 Å². The summed E-state index contributed by atoms with van der Waals surface area (Å²) < 4.78 is 10.6. The van der Waals surface area contributed by atoms with Gasteiger partial charge in [0.15, 0.2) is 5.13 Å². The first-order chi connectivity index (χ1) is 11.6. The number of methoxy groups -OCH3 is 2. The molecule has 0 saturated carbocycles. The van der Waals surface area contributed by atoms with E-state index in [0.717, 1.165) is 5.56 Å². The highest BCUT2D eigenvalue weighted by molar-refractivity contribution is 7.14. The highest BCUT2D eigenvalue weighted by atomic mass is 32.1. The second-order valence-corrected chi connectivity index (χ2v) is 6.30. The summed E-state index contributed by atoms with van der Waals surface area (Å²) >= 11 is 1.34. The Morgan fingerprint density at radius 1 is 1.42 bits per heavy atom. The lowest BCUT2D eigenvalue weighted by atomic mass is 10.1. The number of thiazole rings is 1. The van der Waals surface area contributed by atoms with Gasteiger partial charge in [0.1, 0.15) is 11.5 Å². The molecule has 1 fully saturated rings. The summed E-state index contributed by atoms with van der Waals surface area (Å²) in [5.41, 5.74) is 1.49. The molecule has 1 aliphatic rings. The van der Waals surface area contributed by atoms with Gasteiger partial charge in [0.05, 0.1) is 32.1 Å². The van der Waals surface area contributed by atoms with E-state index in [1.165, 1.54) is 11.3 Å². The Kier molecular flexibility index (Phi) is 4.98. The zero-order valence-corrected chi connectivity index (χ0v) is 14.2. The molecule has 0 aliphatic carbocycles. The number of anilines is 1. The van der Waals surface area contributed by atoms with Crippen LogP contribution in [0.4, 0.5) is 5.13 Å². The molecule has 0 spiro atoms. The Labute approximate surface area is 143 Å². The highest BCUT2D eigenvalue weighted by Gasteiger charge is 2.28. The Morgan fingerprint density at radius 2 is 2.25 bits per heavy atom. The highest BCUT2D eigenvalue weighted by Crippen LogP contribution is 2.35. The summed E-state index contributed by atoms with van der Waals surface area (Å²) in [6.45, 7) is 0.433. The number of rotatable bonds is 5. The van der Waals surface area contributed by atoms with Crippen LogP contribution in [0.2, 0.25) is 0 Å². The first kappa shape index (κ1) is 16.7. The smallest absolute Gasteiger partial charge is 0.243 e. The minimum Gasteiger partial charge on any atom is -0.497 e. The molecule has 2 heterocycles. The van der Waals surface area contributed by atoms with Gasteiger partial charge in [-0.3, -0.25) is 4.79 Å². The fraction of sp³-hybridized carbons (Fsp3) is 0.375. The van der Waals surface area contributed by atoms with Gasteiger partial charge in [-0.2, -0.15) is 0 Å². The van der Waals surface area contributed by atoms with Crippen molar-refractivity contribution in [3.63, 3.8) is 0 Å². The SMILES string of the molecule is COc1ccc(OC)c(-c2csc(NC(=O)C3CC(O)CN3)n2)c1. The number of benzene rings is 1. The minimum atomic E-state index is -0.478. The molecule has 2 unspecified atom stereocenters. The van der Waals surface area contributed by atoms with Gasteiger partial charge in [0.2, 0.25) is 5.91 Å². The summed E-state index contributed by atoms with van der Waals surface area (Å²) in [6, 6.07) is 5.08. The molecule has 128 valence electrons. The van der Waals surface area contributed by atoms with Crippen molar-refractivity contribution in [1.82, 2.24) is 10.3 Å². The van der Waals surface area contributed by atoms with Crippen LogP contribution in [-0.4, -0.2) is 48.9 Å². The minimum absolute atomic E-state index is 0.190. The molecule has 2 aromatic rings. The number of hydrogen-bond donors (Lipinski definition) is 3. The van der Waals surface area contributed by atoms with E-state index < -0.39 is 12.1 Å². The zero-order chi connectivity index (χ0) is 17.1. The number of amides is 1. The van der Waals surface area contributed by atoms with E-state index in [1.54, 1.807) is 14.2 Å². The van der Waals surface area contributed by atoms with Crippen LogP contribution in [0.15, 0.2) is 23.6 Å². The lowest BCUT2D eigenvalue weighted by Gasteiger charge is -2.09. The molecule has 1 aromatic carbocycles. The third kappa shape index (κ3) is 3.50. The first-order valence-corrected chi connectivity index (χ1v) is 8.39. The maximum absolute atomic E-state index is 12.2. The van der Waals surface area contributed by atoms with Crippen molar-refractivity contribution in [2.24, 2.45) is 0 Å². The predicted molar refractivity (Wildman–Crippen MR) is 91.7 cm³/mol. The Bertz CT molecular complexity index is 734. The normalized spacial score (nSPS) is 20.0. The van der Waals surface area contributed by atoms with E-state index in [-0.39, 0.29) is 5.91 Å². The Hall–Kier alpha value is -2.16. The molecule has 2 atom stereocenters. The van der Waals surface area contributed by atoms with Crippen molar-refractivity contribution >= 4 is 22.4 Å². The lowest BCUT2D eigenvalue weighted by Crippen LogP contribution is -2.35. The number of aromatic nitrogens is 1. The molecule has 0 radical (unpaired) electrons. The van der Waals surface area contributed by atoms with E-state index in [9.17, 15) is 9.90 Å². The van der Waals surface area contributed by atoms with Crippen LogP contribution in [0.3, 0.4) is 0 Å². The molecule has 0 bridgehead atoms. The molecule has 3 N–H and O–H groups in total. The lowest BCUT2D eigenvalue weighted by molar-refractivity contribution is -0.117. The second kappa shape index (κ2) is 7.16. The quantitative estimate of drug-likeness (QED) is 0.757. The third-order valence-electron chi connectivity index (χ3n) is 3.84. The number of carbonyl (C=O) groups excluding carboxylic acids is 1. The van der Waals surface area contributed by atoms with Crippen LogP contribution in [0.25, 0.3) is 11.3 Å². The monoisotopic (exact) mass is 349 g/mol. The van der Waals surface area contributed by atoms with Crippen LogP contribution >= 0.6 is 11.3 Å². The van der Waals surface area contributed by atoms with Gasteiger partial charge in [-0.1, -0.05) is 0 Å². The third-order valence-corrected chi connectivity index (χ3v) is 4.60. The first-order valence-electron chi connectivity index (χ1n) is 7.51. The van der Waals surface area contributed by atoms with Gasteiger partial charge in [-0.05, 0) is 24.6 Å². The van der Waals surface area contributed by atoms with Crippen LogP contribution in [0.5, 0.6) is 11.5 Å². The van der Waals surface area contributed by atoms with Gasteiger partial charge < -0.3 is 25.2 Å². The molecule has 1 amide bonds. The van der Waals surface area contributed by atoms with E-state index in [2.05, 4.69) is 15.6 Å². The standard InChI is InChI=1S/C16H19N3O4S/c1-22-10-3-4-14(23-2)11(6-10)13-8-24-16(18-13)19-15(21)12-5-9(20)7-17-12/h3-4,6,8-9,12,17,20H,5,7H2,1-2H3,(H,18,19,21). The van der Waals surface area contributed by atoms with Crippen LogP contribution in [-0.2, 0) is 4.79 Å². The number of β-amino-alcohol motifs (C(OH)–C–C–N with tert-alkyl or cyclic N) is 1. The van der Waals surface area contributed by atoms with Gasteiger partial charge in [0.25, 0.3) is 0 Å². The van der Waals surface area contributed by atoms with Crippen LogP contribution < -0.4 is 20.1 Å². The number of ether oxygens (including phenoxy) is 2. The van der Waals surface area contributed by atoms with E-state index in [1.807, 2.05) is 23.6 Å². The molecule has 3 rings (SSSR count). The molecule has 1 aliphatic heterocycles. The van der Waals surface area contributed by atoms with E-state index in [0.29, 0.717) is 35.3 Å². The summed E-state index contributed by atoms with van der Waals surface area (Å²) in [7, 11) is 3.19. The van der Waals surface area contributed by atoms with Crippen LogP contribution in [0.1, 0.15) is 6.42 Å². The number of carbonyl (C=O) groups is 1. The average Bonchev–Trinajstić information content (AvgIpc) is 3.23. The maximum Gasteiger partial charge on any atom is 0.243 e. The summed E-state index contributed by atoms with van der Waals surface area (Å²) in [5.74, 6) is 1.19. The Balaban J connectivity index is 1.77. The van der Waals surface area contributed by atoms with Crippen molar-refractivity contribution in [3.05, 3.63) is 23.6 Å². The molecular formula is C16H19N3O4S. The number of aliphatic hydroxyl groups is 1. The fourth-order valence-corrected chi connectivity index (χ4v) is 3.29. The molecule has 1 saturated heterocycles. The van der Waals surface area contributed by atoms with E-state index in [4.69, 9.17) is 9.47 Å². The maximum atomic E-state index is 12.2. The van der Waals surface area contributed by atoms with Crippen molar-refractivity contribution in [3.8, 4) is 22.8 Å². The zero-order valence-electron chi connectivity index (χ0n) is 13.4. The largest absolute Gasteiger partial charge is 0.497 e. The molecule has 24 heavy (non-hydrogen) atoms. The second-order valence-electron chi connectivity index (χ2n) is 5.44. The number of nitrogens with one attached hydrogen (secondary N) is 2. The summed E-state index contributed by atoms with van der Waals surface area (Å²) in [4.78, 5) is 16.6. The van der Waals surface area contributed by atoms with E-state index >= 15 is 0 Å². The number of hydrogen-bond acceptors (Lipinski definition) is 7. The molecule has 7 nitrogen and oxygen atoms in total. The average molecular weight is 349 g/mol. The fourth-order valence-electron chi connectivity index (χ4n) is 2.58. The van der Waals surface area contributed by atoms with Gasteiger partial charge in [-0.25, -0.2) is 4.98 Å². The topological polar surface area (TPSA) is 92.7 Å². The number of aliphatic hydroxyl groups excluding tert-OH is 1. The van der Waals surface area contributed by atoms with Crippen molar-refractivity contribution < 1.29 is 19.4 Å². The summed E-state index contributed by atoms with van der Waals surface area (Å²) in [6.07, 6.45) is -0.0676. The summed E-state index contributed by atoms with van der Waals surface area (Å²) in [5, 5.41) is 17.6. The van der Waals surface area contributed by atoms with Crippen LogP contribution in [0, 0.1) is 0 Å². The van der Waals surface area contributed by atoms with Gasteiger partial charge in [-0.15, -0.1) is 11.3 Å². The number of nitrogens with zero attached hydrogens (tertiary/aromatic N) is 1. The van der Waals surface area contributed by atoms with Gasteiger partial charge >= 0.3 is 0 Å².